The summed E-state index contributed by atoms with van der Waals surface area (Å²) in [7, 11) is 0. The maximum absolute atomic E-state index is 12.0. The summed E-state index contributed by atoms with van der Waals surface area (Å²) in [5.74, 6) is -0.142. The molecule has 0 unspecified atom stereocenters. The average molecular weight is 285 g/mol. The molecule has 3 N–H and O–H groups in total. The number of carbonyl (C=O) groups is 1. The summed E-state index contributed by atoms with van der Waals surface area (Å²) < 4.78 is 1.54. The maximum Gasteiger partial charge on any atom is 0.253 e. The first-order valence-electron chi connectivity index (χ1n) is 6.80. The van der Waals surface area contributed by atoms with E-state index in [1.165, 1.54) is 0 Å². The highest BCUT2D eigenvalue weighted by atomic mass is 16.1. The first-order valence-corrected chi connectivity index (χ1v) is 6.80. The zero-order chi connectivity index (χ0) is 15.4. The van der Waals surface area contributed by atoms with E-state index in [2.05, 4.69) is 5.32 Å². The minimum Gasteiger partial charge on any atom is -0.398 e. The van der Waals surface area contributed by atoms with Gasteiger partial charge in [-0.1, -0.05) is 12.1 Å². The van der Waals surface area contributed by atoms with Gasteiger partial charge < -0.3 is 15.6 Å². The van der Waals surface area contributed by atoms with Crippen LogP contribution in [0.2, 0.25) is 0 Å². The first kappa shape index (κ1) is 14.8. The number of benzene rings is 1. The minimum atomic E-state index is -0.142. The van der Waals surface area contributed by atoms with Crippen molar-refractivity contribution < 1.29 is 4.79 Å². The Balaban J connectivity index is 2.01. The smallest absolute Gasteiger partial charge is 0.253 e. The van der Waals surface area contributed by atoms with Gasteiger partial charge in [-0.05, 0) is 37.6 Å². The lowest BCUT2D eigenvalue weighted by molar-refractivity contribution is -0.116. The zero-order valence-electron chi connectivity index (χ0n) is 12.2. The summed E-state index contributed by atoms with van der Waals surface area (Å²) in [5.41, 5.74) is 8.60. The van der Waals surface area contributed by atoms with Gasteiger partial charge in [0.2, 0.25) is 5.91 Å². The van der Waals surface area contributed by atoms with E-state index in [1.807, 2.05) is 13.0 Å². The van der Waals surface area contributed by atoms with E-state index in [0.29, 0.717) is 23.5 Å². The molecule has 2 aromatic rings. The number of nitrogen functional groups attached to an aromatic ring is 1. The monoisotopic (exact) mass is 285 g/mol. The summed E-state index contributed by atoms with van der Waals surface area (Å²) in [6.45, 7) is 3.97. The van der Waals surface area contributed by atoms with Crippen molar-refractivity contribution in [2.24, 2.45) is 0 Å². The van der Waals surface area contributed by atoms with E-state index >= 15 is 0 Å². The summed E-state index contributed by atoms with van der Waals surface area (Å²) in [4.78, 5) is 23.8. The number of nitrogens with one attached hydrogen (secondary N) is 1. The lowest BCUT2D eigenvalue weighted by atomic mass is 10.1. The Morgan fingerprint density at radius 2 is 2.00 bits per heavy atom. The second-order valence-corrected chi connectivity index (χ2v) is 5.01. The molecule has 0 bridgehead atoms. The molecule has 110 valence electrons. The van der Waals surface area contributed by atoms with Crippen LogP contribution in [0.1, 0.15) is 17.5 Å². The molecule has 5 heteroatoms. The molecule has 1 amide bonds. The quantitative estimate of drug-likeness (QED) is 0.844. The number of hydrogen-bond donors (Lipinski definition) is 2. The Hall–Kier alpha value is -2.56. The molecule has 0 aliphatic carbocycles. The second-order valence-electron chi connectivity index (χ2n) is 5.01. The highest BCUT2D eigenvalue weighted by molar-refractivity contribution is 5.92. The Morgan fingerprint density at radius 1 is 1.24 bits per heavy atom. The standard InChI is InChI=1S/C16H19N3O2/c1-11-5-4-9-19(16(11)21)10-8-15(20)18-14-7-3-6-13(17)12(14)2/h3-7,9H,8,10,17H2,1-2H3,(H,18,20). The lowest BCUT2D eigenvalue weighted by Crippen LogP contribution is -2.24. The number of amides is 1. The van der Waals surface area contributed by atoms with Gasteiger partial charge in [-0.25, -0.2) is 0 Å². The molecule has 2 rings (SSSR count). The first-order chi connectivity index (χ1) is 9.99. The van der Waals surface area contributed by atoms with Crippen LogP contribution < -0.4 is 16.6 Å². The Morgan fingerprint density at radius 3 is 2.76 bits per heavy atom. The predicted octanol–water partition coefficient (Wildman–Crippen LogP) is 2.08. The molecule has 0 saturated carbocycles. The molecule has 0 radical (unpaired) electrons. The zero-order valence-corrected chi connectivity index (χ0v) is 12.2. The van der Waals surface area contributed by atoms with Gasteiger partial charge in [0.25, 0.3) is 5.56 Å². The third kappa shape index (κ3) is 3.51. The topological polar surface area (TPSA) is 77.1 Å². The van der Waals surface area contributed by atoms with Crippen molar-refractivity contribution in [3.8, 4) is 0 Å². The van der Waals surface area contributed by atoms with Crippen molar-refractivity contribution in [1.29, 1.82) is 0 Å². The molecule has 1 aromatic heterocycles. The van der Waals surface area contributed by atoms with Crippen LogP contribution >= 0.6 is 0 Å². The Labute approximate surface area is 123 Å². The molecule has 1 aromatic carbocycles. The van der Waals surface area contributed by atoms with Crippen LogP contribution in [-0.2, 0) is 11.3 Å². The fourth-order valence-corrected chi connectivity index (χ4v) is 2.06. The van der Waals surface area contributed by atoms with Crippen molar-refractivity contribution in [3.63, 3.8) is 0 Å². The number of aromatic nitrogens is 1. The predicted molar refractivity (Wildman–Crippen MR) is 84.3 cm³/mol. The van der Waals surface area contributed by atoms with Crippen molar-refractivity contribution in [1.82, 2.24) is 4.57 Å². The van der Waals surface area contributed by atoms with Crippen LogP contribution in [0.5, 0.6) is 0 Å². The summed E-state index contributed by atoms with van der Waals surface area (Å²) in [5, 5.41) is 2.82. The lowest BCUT2D eigenvalue weighted by Gasteiger charge is -2.11. The van der Waals surface area contributed by atoms with E-state index in [9.17, 15) is 9.59 Å². The number of aryl methyl sites for hydroxylation is 2. The van der Waals surface area contributed by atoms with Gasteiger partial charge in [-0.15, -0.1) is 0 Å². The molecule has 1 heterocycles. The number of anilines is 2. The highest BCUT2D eigenvalue weighted by Crippen LogP contribution is 2.20. The van der Waals surface area contributed by atoms with Crippen molar-refractivity contribution in [3.05, 3.63) is 58.0 Å². The average Bonchev–Trinajstić information content (AvgIpc) is 2.45. The van der Waals surface area contributed by atoms with Gasteiger partial charge in [-0.3, -0.25) is 9.59 Å². The van der Waals surface area contributed by atoms with Gasteiger partial charge >= 0.3 is 0 Å². The summed E-state index contributed by atoms with van der Waals surface area (Å²) in [6.07, 6.45) is 1.92. The molecule has 0 aliphatic rings. The molecule has 0 fully saturated rings. The van der Waals surface area contributed by atoms with Crippen LogP contribution in [0.4, 0.5) is 11.4 Å². The van der Waals surface area contributed by atoms with Crippen molar-refractivity contribution in [2.75, 3.05) is 11.1 Å². The molecule has 0 spiro atoms. The third-order valence-electron chi connectivity index (χ3n) is 3.44. The fourth-order valence-electron chi connectivity index (χ4n) is 2.06. The van der Waals surface area contributed by atoms with E-state index < -0.39 is 0 Å². The van der Waals surface area contributed by atoms with E-state index in [0.717, 1.165) is 5.56 Å². The fraction of sp³-hybridized carbons (Fsp3) is 0.250. The van der Waals surface area contributed by atoms with Crippen LogP contribution in [0.15, 0.2) is 41.3 Å². The van der Waals surface area contributed by atoms with Crippen LogP contribution in [0.25, 0.3) is 0 Å². The largest absolute Gasteiger partial charge is 0.398 e. The molecule has 0 aliphatic heterocycles. The number of hydrogen-bond acceptors (Lipinski definition) is 3. The molecular formula is C16H19N3O2. The minimum absolute atomic E-state index is 0.0644. The SMILES string of the molecule is Cc1c(N)cccc1NC(=O)CCn1cccc(C)c1=O. The number of carbonyl (C=O) groups excluding carboxylic acids is 1. The second kappa shape index (κ2) is 6.26. The molecule has 5 nitrogen and oxygen atoms in total. The van der Waals surface area contributed by atoms with E-state index in [4.69, 9.17) is 5.73 Å². The van der Waals surface area contributed by atoms with Gasteiger partial charge in [0.15, 0.2) is 0 Å². The van der Waals surface area contributed by atoms with E-state index in [-0.39, 0.29) is 17.9 Å². The summed E-state index contributed by atoms with van der Waals surface area (Å²) in [6, 6.07) is 8.95. The Kier molecular flexibility index (Phi) is 4.42. The highest BCUT2D eigenvalue weighted by Gasteiger charge is 2.07. The van der Waals surface area contributed by atoms with Gasteiger partial charge in [0.05, 0.1) is 0 Å². The van der Waals surface area contributed by atoms with E-state index in [1.54, 1.807) is 42.0 Å². The van der Waals surface area contributed by atoms with Crippen LogP contribution in [-0.4, -0.2) is 10.5 Å². The molecular weight excluding hydrogens is 266 g/mol. The van der Waals surface area contributed by atoms with Gasteiger partial charge in [-0.2, -0.15) is 0 Å². The maximum atomic E-state index is 12.0. The molecule has 0 saturated heterocycles. The Bertz CT molecular complexity index is 720. The number of pyridine rings is 1. The molecule has 21 heavy (non-hydrogen) atoms. The normalized spacial score (nSPS) is 10.4. The number of nitrogens with zero attached hydrogens (tertiary/aromatic N) is 1. The van der Waals surface area contributed by atoms with Gasteiger partial charge in [0.1, 0.15) is 0 Å². The molecule has 0 atom stereocenters. The van der Waals surface area contributed by atoms with Crippen molar-refractivity contribution >= 4 is 17.3 Å². The third-order valence-corrected chi connectivity index (χ3v) is 3.44. The number of nitrogens with two attached hydrogens (primary N) is 1. The van der Waals surface area contributed by atoms with Gasteiger partial charge in [0, 0.05) is 36.1 Å². The van der Waals surface area contributed by atoms with Crippen molar-refractivity contribution in [2.45, 2.75) is 26.8 Å². The van der Waals surface area contributed by atoms with Crippen LogP contribution in [0.3, 0.4) is 0 Å². The summed E-state index contributed by atoms with van der Waals surface area (Å²) >= 11 is 0. The van der Waals surface area contributed by atoms with Crippen LogP contribution in [0, 0.1) is 13.8 Å². The number of rotatable bonds is 4.